The molecule has 1 heterocycles. The maximum absolute atomic E-state index is 12.9. The average molecular weight is 242 g/mol. The lowest BCUT2D eigenvalue weighted by Crippen LogP contribution is -2.04. The van der Waals surface area contributed by atoms with Gasteiger partial charge in [0.25, 0.3) is 0 Å². The lowest BCUT2D eigenvalue weighted by molar-refractivity contribution is 0.0698. The number of rotatable bonds is 1. The molecule has 2 rings (SSSR count). The Labute approximate surface area is 95.1 Å². The molecule has 0 saturated carbocycles. The maximum atomic E-state index is 12.9. The molecule has 0 unspecified atom stereocenters. The summed E-state index contributed by atoms with van der Waals surface area (Å²) >= 11 is 0. The normalized spacial score (nSPS) is 9.24. The van der Waals surface area contributed by atoms with E-state index in [0.29, 0.717) is 10.9 Å². The number of nitrogens with two attached hydrogens (primary N) is 1. The molecule has 0 amide bonds. The minimum Gasteiger partial charge on any atom is -0.478 e. The van der Waals surface area contributed by atoms with Gasteiger partial charge in [0, 0.05) is 11.6 Å². The Morgan fingerprint density at radius 3 is 2.59 bits per heavy atom. The van der Waals surface area contributed by atoms with Crippen molar-refractivity contribution in [2.45, 2.75) is 0 Å². The molecule has 0 aliphatic heterocycles. The molecule has 0 atom stereocenters. The molecular formula is C10H11FN2O4. The highest BCUT2D eigenvalue weighted by atomic mass is 19.1. The molecule has 0 bridgehead atoms. The number of benzene rings is 1. The summed E-state index contributed by atoms with van der Waals surface area (Å²) in [7, 11) is 0. The first-order chi connectivity index (χ1) is 7.09. The lowest BCUT2D eigenvalue weighted by atomic mass is 10.1. The van der Waals surface area contributed by atoms with Gasteiger partial charge in [-0.2, -0.15) is 0 Å². The predicted molar refractivity (Wildman–Crippen MR) is 60.3 cm³/mol. The molecule has 0 aliphatic carbocycles. The number of hydrogen-bond acceptors (Lipinski definition) is 3. The number of nitrogens with zero attached hydrogens (tertiary/aromatic N) is 1. The number of carbonyl (C=O) groups is 1. The van der Waals surface area contributed by atoms with Gasteiger partial charge in [-0.15, -0.1) is 0 Å². The molecule has 1 aromatic carbocycles. The largest absolute Gasteiger partial charge is 0.478 e. The topological polar surface area (TPSA) is 139 Å². The number of aromatic carboxylic acids is 1. The second kappa shape index (κ2) is 5.19. The van der Waals surface area contributed by atoms with Gasteiger partial charge in [-0.3, -0.25) is 4.98 Å². The molecule has 17 heavy (non-hydrogen) atoms. The van der Waals surface area contributed by atoms with Gasteiger partial charge in [0.05, 0.1) is 11.2 Å². The fourth-order valence-corrected chi connectivity index (χ4v) is 1.36. The highest BCUT2D eigenvalue weighted by Crippen LogP contribution is 2.23. The van der Waals surface area contributed by atoms with E-state index in [1.165, 1.54) is 18.2 Å². The van der Waals surface area contributed by atoms with E-state index in [-0.39, 0.29) is 22.2 Å². The van der Waals surface area contributed by atoms with Gasteiger partial charge in [-0.25, -0.2) is 9.18 Å². The van der Waals surface area contributed by atoms with Crippen LogP contribution in [0.15, 0.2) is 24.4 Å². The first kappa shape index (κ1) is 14.8. The Bertz CT molecular complexity index is 559. The van der Waals surface area contributed by atoms with Gasteiger partial charge < -0.3 is 21.8 Å². The zero-order chi connectivity index (χ0) is 11.0. The molecular weight excluding hydrogens is 231 g/mol. The predicted octanol–water partition coefficient (Wildman–Crippen LogP) is 0.00490. The van der Waals surface area contributed by atoms with E-state index >= 15 is 0 Å². The van der Waals surface area contributed by atoms with E-state index in [1.807, 2.05) is 0 Å². The third kappa shape index (κ3) is 2.47. The highest BCUT2D eigenvalue weighted by Gasteiger charge is 2.11. The number of pyridine rings is 1. The third-order valence-corrected chi connectivity index (χ3v) is 2.10. The van der Waals surface area contributed by atoms with Gasteiger partial charge >= 0.3 is 5.97 Å². The van der Waals surface area contributed by atoms with Crippen molar-refractivity contribution in [3.05, 3.63) is 35.8 Å². The maximum Gasteiger partial charge on any atom is 0.339 e. The number of nitrogen functional groups attached to an aromatic ring is 1. The average Bonchev–Trinajstić information content (AvgIpc) is 2.19. The van der Waals surface area contributed by atoms with Crippen molar-refractivity contribution in [1.82, 2.24) is 4.98 Å². The summed E-state index contributed by atoms with van der Waals surface area (Å²) in [4.78, 5) is 14.6. The zero-order valence-corrected chi connectivity index (χ0v) is 8.57. The van der Waals surface area contributed by atoms with Crippen LogP contribution in [0.25, 0.3) is 10.9 Å². The fourth-order valence-electron chi connectivity index (χ4n) is 1.36. The first-order valence-electron chi connectivity index (χ1n) is 4.16. The third-order valence-electron chi connectivity index (χ3n) is 2.10. The van der Waals surface area contributed by atoms with Crippen molar-refractivity contribution in [3.8, 4) is 0 Å². The van der Waals surface area contributed by atoms with Crippen LogP contribution in [-0.2, 0) is 0 Å². The van der Waals surface area contributed by atoms with Crippen LogP contribution < -0.4 is 5.73 Å². The smallest absolute Gasteiger partial charge is 0.339 e. The van der Waals surface area contributed by atoms with Crippen LogP contribution in [-0.4, -0.2) is 27.0 Å². The van der Waals surface area contributed by atoms with E-state index in [9.17, 15) is 9.18 Å². The number of anilines is 1. The quantitative estimate of drug-likeness (QED) is 0.726. The second-order valence-electron chi connectivity index (χ2n) is 3.05. The molecule has 7 N–H and O–H groups in total. The number of halogens is 1. The van der Waals surface area contributed by atoms with Gasteiger partial charge in [-0.1, -0.05) is 0 Å². The minimum absolute atomic E-state index is 0. The highest BCUT2D eigenvalue weighted by molar-refractivity contribution is 6.03. The second-order valence-corrected chi connectivity index (χ2v) is 3.05. The van der Waals surface area contributed by atoms with Crippen molar-refractivity contribution in [2.75, 3.05) is 5.73 Å². The molecule has 2 aromatic rings. The van der Waals surface area contributed by atoms with Crippen LogP contribution >= 0.6 is 0 Å². The van der Waals surface area contributed by atoms with E-state index in [1.54, 1.807) is 0 Å². The molecule has 0 fully saturated rings. The van der Waals surface area contributed by atoms with E-state index < -0.39 is 11.8 Å². The molecule has 1 aromatic heterocycles. The van der Waals surface area contributed by atoms with Crippen LogP contribution in [0.4, 0.5) is 10.1 Å². The van der Waals surface area contributed by atoms with Crippen molar-refractivity contribution < 1.29 is 25.2 Å². The van der Waals surface area contributed by atoms with E-state index in [0.717, 1.165) is 6.20 Å². The van der Waals surface area contributed by atoms with Crippen molar-refractivity contribution >= 4 is 22.6 Å². The van der Waals surface area contributed by atoms with Crippen LogP contribution in [0.5, 0.6) is 0 Å². The summed E-state index contributed by atoms with van der Waals surface area (Å²) in [6.07, 6.45) is 1.16. The monoisotopic (exact) mass is 242 g/mol. The summed E-state index contributed by atoms with van der Waals surface area (Å²) in [5.74, 6) is -1.65. The summed E-state index contributed by atoms with van der Waals surface area (Å²) in [5, 5.41) is 9.10. The summed E-state index contributed by atoms with van der Waals surface area (Å²) in [5.41, 5.74) is 5.99. The molecule has 0 spiro atoms. The minimum atomic E-state index is -1.17. The Kier molecular flexibility index (Phi) is 4.50. The van der Waals surface area contributed by atoms with Gasteiger partial charge in [0.2, 0.25) is 0 Å². The number of hydrogen-bond donors (Lipinski definition) is 2. The van der Waals surface area contributed by atoms with Crippen LogP contribution in [0.1, 0.15) is 10.4 Å². The summed E-state index contributed by atoms with van der Waals surface area (Å²) in [6.45, 7) is 0. The Morgan fingerprint density at radius 1 is 1.35 bits per heavy atom. The fraction of sp³-hybridized carbons (Fsp3) is 0. The number of aromatic nitrogens is 1. The van der Waals surface area contributed by atoms with Crippen molar-refractivity contribution in [1.29, 1.82) is 0 Å². The van der Waals surface area contributed by atoms with E-state index in [4.69, 9.17) is 10.8 Å². The number of carboxylic acid groups (broad SMARTS) is 1. The Balaban J connectivity index is 0.00000128. The summed E-state index contributed by atoms with van der Waals surface area (Å²) < 4.78 is 12.9. The molecule has 0 radical (unpaired) electrons. The zero-order valence-electron chi connectivity index (χ0n) is 8.57. The van der Waals surface area contributed by atoms with Gasteiger partial charge in [0.1, 0.15) is 11.4 Å². The number of fused-ring (bicyclic) bond motifs is 1. The molecule has 6 nitrogen and oxygen atoms in total. The first-order valence-corrected chi connectivity index (χ1v) is 4.16. The molecule has 0 aliphatic rings. The number of carboxylic acids is 1. The lowest BCUT2D eigenvalue weighted by Gasteiger charge is -2.04. The molecule has 7 heteroatoms. The molecule has 0 saturated heterocycles. The van der Waals surface area contributed by atoms with Crippen molar-refractivity contribution in [2.24, 2.45) is 0 Å². The van der Waals surface area contributed by atoms with Crippen LogP contribution in [0.2, 0.25) is 0 Å². The van der Waals surface area contributed by atoms with Crippen molar-refractivity contribution in [3.63, 3.8) is 0 Å². The Morgan fingerprint density at radius 2 is 2.00 bits per heavy atom. The van der Waals surface area contributed by atoms with Crippen LogP contribution in [0, 0.1) is 5.82 Å². The SMILES string of the molecule is Nc1c(C(=O)O)cnc2ccc(F)cc12.O.O. The van der Waals surface area contributed by atoms with Crippen LogP contribution in [0.3, 0.4) is 0 Å². The van der Waals surface area contributed by atoms with Gasteiger partial charge in [0.15, 0.2) is 0 Å². The van der Waals surface area contributed by atoms with E-state index in [2.05, 4.69) is 4.98 Å². The standard InChI is InChI=1S/C10H7FN2O2.2H2O/c11-5-1-2-8-6(3-5)9(12)7(4-13-8)10(14)15;;/h1-4H,(H2,12,13)(H,14,15);2*1H2. The Hall–Kier alpha value is -2.25. The molecule has 92 valence electrons. The van der Waals surface area contributed by atoms with Gasteiger partial charge in [-0.05, 0) is 18.2 Å². The summed E-state index contributed by atoms with van der Waals surface area (Å²) in [6, 6.07) is 3.87.